The summed E-state index contributed by atoms with van der Waals surface area (Å²) in [6.07, 6.45) is 1.38. The fraction of sp³-hybridized carbons (Fsp3) is 0.214. The van der Waals surface area contributed by atoms with Crippen LogP contribution in [-0.2, 0) is 17.6 Å². The minimum atomic E-state index is -0.867. The molecule has 1 atom stereocenters. The van der Waals surface area contributed by atoms with Gasteiger partial charge in [-0.2, -0.15) is 0 Å². The zero-order valence-corrected chi connectivity index (χ0v) is 19.0. The molecule has 0 aliphatic carbocycles. The molecule has 6 nitrogen and oxygen atoms in total. The Balaban J connectivity index is 1.31. The molecular formula is C28H26N2O4. The highest BCUT2D eigenvalue weighted by Gasteiger charge is 2.33. The van der Waals surface area contributed by atoms with Crippen LogP contribution in [0.2, 0.25) is 0 Å². The summed E-state index contributed by atoms with van der Waals surface area (Å²) in [5.41, 5.74) is 4.53. The van der Waals surface area contributed by atoms with Gasteiger partial charge in [-0.1, -0.05) is 42.5 Å². The third-order valence-electron chi connectivity index (χ3n) is 6.19. The van der Waals surface area contributed by atoms with Crippen molar-refractivity contribution in [1.82, 2.24) is 4.98 Å². The second kappa shape index (κ2) is 9.43. The van der Waals surface area contributed by atoms with Gasteiger partial charge < -0.3 is 19.2 Å². The normalized spacial score (nSPS) is 15.1. The summed E-state index contributed by atoms with van der Waals surface area (Å²) in [7, 11) is 0. The first-order valence-corrected chi connectivity index (χ1v) is 11.4. The van der Waals surface area contributed by atoms with Crippen LogP contribution < -0.4 is 9.64 Å². The molecule has 34 heavy (non-hydrogen) atoms. The van der Waals surface area contributed by atoms with E-state index < -0.39 is 12.0 Å². The molecule has 0 radical (unpaired) electrons. The van der Waals surface area contributed by atoms with Gasteiger partial charge in [0.25, 0.3) is 0 Å². The standard InChI is InChI=1S/C28H26N2O4/c1-19-25(29-27(34-19)21-8-4-2-5-9-21)15-17-33-23-13-12-20-14-16-30(22-10-6-3-7-11-22)26(28(31)32)24(20)18-23/h2-13,18,26H,14-17H2,1H3,(H,31,32). The van der Waals surface area contributed by atoms with Crippen molar-refractivity contribution in [2.24, 2.45) is 0 Å². The summed E-state index contributed by atoms with van der Waals surface area (Å²) >= 11 is 0. The van der Waals surface area contributed by atoms with Crippen molar-refractivity contribution in [1.29, 1.82) is 0 Å². The van der Waals surface area contributed by atoms with Gasteiger partial charge in [-0.25, -0.2) is 9.78 Å². The van der Waals surface area contributed by atoms with Gasteiger partial charge in [0.05, 0.1) is 12.3 Å². The van der Waals surface area contributed by atoms with Crippen molar-refractivity contribution in [2.45, 2.75) is 25.8 Å². The fourth-order valence-corrected chi connectivity index (χ4v) is 4.48. The molecule has 5 rings (SSSR count). The molecule has 1 N–H and O–H groups in total. The zero-order chi connectivity index (χ0) is 23.5. The molecule has 0 fully saturated rings. The smallest absolute Gasteiger partial charge is 0.331 e. The molecule has 0 saturated heterocycles. The van der Waals surface area contributed by atoms with Crippen LogP contribution in [0, 0.1) is 6.92 Å². The molecule has 172 valence electrons. The summed E-state index contributed by atoms with van der Waals surface area (Å²) in [5.74, 6) is 1.17. The van der Waals surface area contributed by atoms with E-state index >= 15 is 0 Å². The molecule has 1 aliphatic heterocycles. The van der Waals surface area contributed by atoms with E-state index in [-0.39, 0.29) is 0 Å². The van der Waals surface area contributed by atoms with Crippen molar-refractivity contribution in [3.05, 3.63) is 101 Å². The molecule has 0 spiro atoms. The molecule has 3 aromatic carbocycles. The molecule has 4 aromatic rings. The van der Waals surface area contributed by atoms with Crippen molar-refractivity contribution in [3.8, 4) is 17.2 Å². The minimum absolute atomic E-state index is 0.417. The number of hydrogen-bond acceptors (Lipinski definition) is 5. The molecule has 6 heteroatoms. The molecule has 2 heterocycles. The lowest BCUT2D eigenvalue weighted by Gasteiger charge is -2.36. The van der Waals surface area contributed by atoms with Crippen molar-refractivity contribution < 1.29 is 19.1 Å². The second-order valence-corrected chi connectivity index (χ2v) is 8.37. The topological polar surface area (TPSA) is 75.8 Å². The number of ether oxygens (including phenoxy) is 1. The van der Waals surface area contributed by atoms with Crippen molar-refractivity contribution >= 4 is 11.7 Å². The van der Waals surface area contributed by atoms with Gasteiger partial charge in [-0.3, -0.25) is 0 Å². The van der Waals surface area contributed by atoms with Crippen LogP contribution >= 0.6 is 0 Å². The van der Waals surface area contributed by atoms with Crippen LogP contribution in [0.25, 0.3) is 11.5 Å². The number of carbonyl (C=O) groups is 1. The number of fused-ring (bicyclic) bond motifs is 1. The van der Waals surface area contributed by atoms with E-state index in [1.54, 1.807) is 0 Å². The van der Waals surface area contributed by atoms with E-state index in [1.165, 1.54) is 0 Å². The van der Waals surface area contributed by atoms with E-state index in [9.17, 15) is 9.90 Å². The van der Waals surface area contributed by atoms with Crippen LogP contribution in [-0.4, -0.2) is 29.2 Å². The molecular weight excluding hydrogens is 428 g/mol. The van der Waals surface area contributed by atoms with Crippen LogP contribution in [0.1, 0.15) is 28.6 Å². The number of nitrogens with zero attached hydrogens (tertiary/aromatic N) is 2. The Morgan fingerprint density at radius 3 is 2.56 bits per heavy atom. The van der Waals surface area contributed by atoms with Crippen molar-refractivity contribution in [3.63, 3.8) is 0 Å². The highest BCUT2D eigenvalue weighted by atomic mass is 16.5. The lowest BCUT2D eigenvalue weighted by atomic mass is 9.91. The van der Waals surface area contributed by atoms with E-state index in [4.69, 9.17) is 9.15 Å². The summed E-state index contributed by atoms with van der Waals surface area (Å²) in [4.78, 5) is 18.8. The predicted molar refractivity (Wildman–Crippen MR) is 130 cm³/mol. The van der Waals surface area contributed by atoms with Gasteiger partial charge in [0.1, 0.15) is 11.5 Å². The lowest BCUT2D eigenvalue weighted by Crippen LogP contribution is -2.39. The van der Waals surface area contributed by atoms with E-state index in [0.29, 0.717) is 31.2 Å². The molecule has 1 unspecified atom stereocenters. The average molecular weight is 455 g/mol. The van der Waals surface area contributed by atoms with Crippen LogP contribution in [0.4, 0.5) is 5.69 Å². The molecule has 1 aromatic heterocycles. The van der Waals surface area contributed by atoms with E-state index in [2.05, 4.69) is 4.98 Å². The molecule has 0 bridgehead atoms. The maximum Gasteiger partial charge on any atom is 0.331 e. The number of rotatable bonds is 7. The number of para-hydroxylation sites is 1. The fourth-order valence-electron chi connectivity index (χ4n) is 4.48. The number of carboxylic acid groups (broad SMARTS) is 1. The number of carboxylic acids is 1. The lowest BCUT2D eigenvalue weighted by molar-refractivity contribution is -0.138. The maximum absolute atomic E-state index is 12.3. The Labute approximate surface area is 198 Å². The van der Waals surface area contributed by atoms with Gasteiger partial charge in [0.15, 0.2) is 6.04 Å². The quantitative estimate of drug-likeness (QED) is 0.400. The predicted octanol–water partition coefficient (Wildman–Crippen LogP) is 5.46. The summed E-state index contributed by atoms with van der Waals surface area (Å²) in [6.45, 7) is 2.98. The summed E-state index contributed by atoms with van der Waals surface area (Å²) in [6, 6.07) is 24.5. The van der Waals surface area contributed by atoms with Gasteiger partial charge in [0, 0.05) is 24.2 Å². The maximum atomic E-state index is 12.3. The SMILES string of the molecule is Cc1oc(-c2ccccc2)nc1CCOc1ccc2c(c1)C(C(=O)O)N(c1ccccc1)CC2. The Morgan fingerprint density at radius 2 is 1.82 bits per heavy atom. The van der Waals surface area contributed by atoms with Gasteiger partial charge in [0.2, 0.25) is 5.89 Å². The van der Waals surface area contributed by atoms with Crippen LogP contribution in [0.3, 0.4) is 0 Å². The minimum Gasteiger partial charge on any atom is -0.493 e. The number of aromatic nitrogens is 1. The summed E-state index contributed by atoms with van der Waals surface area (Å²) in [5, 5.41) is 10.1. The number of hydrogen-bond donors (Lipinski definition) is 1. The van der Waals surface area contributed by atoms with E-state index in [1.807, 2.05) is 90.7 Å². The van der Waals surface area contributed by atoms with Gasteiger partial charge >= 0.3 is 5.97 Å². The third kappa shape index (κ3) is 4.39. The van der Waals surface area contributed by atoms with Gasteiger partial charge in [-0.05, 0) is 60.9 Å². The number of aryl methyl sites for hydroxylation is 1. The largest absolute Gasteiger partial charge is 0.493 e. The Hall–Kier alpha value is -4.06. The number of benzene rings is 3. The van der Waals surface area contributed by atoms with Gasteiger partial charge in [-0.15, -0.1) is 0 Å². The Kier molecular flexibility index (Phi) is 6.04. The first-order valence-electron chi connectivity index (χ1n) is 11.4. The number of oxazole rings is 1. The first kappa shape index (κ1) is 21.8. The van der Waals surface area contributed by atoms with Crippen molar-refractivity contribution in [2.75, 3.05) is 18.1 Å². The molecule has 1 aliphatic rings. The first-order chi connectivity index (χ1) is 16.6. The third-order valence-corrected chi connectivity index (χ3v) is 6.19. The molecule has 0 amide bonds. The van der Waals surface area contributed by atoms with Crippen LogP contribution in [0.5, 0.6) is 5.75 Å². The highest BCUT2D eigenvalue weighted by molar-refractivity contribution is 5.81. The zero-order valence-electron chi connectivity index (χ0n) is 19.0. The summed E-state index contributed by atoms with van der Waals surface area (Å²) < 4.78 is 11.9. The highest BCUT2D eigenvalue weighted by Crippen LogP contribution is 2.36. The number of aliphatic carboxylic acids is 1. The second-order valence-electron chi connectivity index (χ2n) is 8.37. The Bertz CT molecular complexity index is 1280. The van der Waals surface area contributed by atoms with E-state index in [0.717, 1.165) is 40.3 Å². The Morgan fingerprint density at radius 1 is 1.09 bits per heavy atom. The number of anilines is 1. The molecule has 0 saturated carbocycles. The average Bonchev–Trinajstić information content (AvgIpc) is 3.24. The van der Waals surface area contributed by atoms with Crippen LogP contribution in [0.15, 0.2) is 83.3 Å². The monoisotopic (exact) mass is 454 g/mol.